The first-order chi connectivity index (χ1) is 15.1. The Hall–Kier alpha value is -3.61. The van der Waals surface area contributed by atoms with Gasteiger partial charge in [-0.15, -0.1) is 0 Å². The molecule has 0 spiro atoms. The molecule has 6 nitrogen and oxygen atoms in total. The number of aromatic nitrogens is 1. The zero-order valence-electron chi connectivity index (χ0n) is 17.6. The van der Waals surface area contributed by atoms with E-state index >= 15 is 0 Å². The molecule has 31 heavy (non-hydrogen) atoms. The molecular formula is C24H25FN4O2. The van der Waals surface area contributed by atoms with Gasteiger partial charge in [0.25, 0.3) is 0 Å². The van der Waals surface area contributed by atoms with Crippen molar-refractivity contribution in [1.82, 2.24) is 9.88 Å². The number of piperazine rings is 1. The third-order valence-electron chi connectivity index (χ3n) is 5.64. The molecule has 2 aromatic carbocycles. The molecule has 4 rings (SSSR count). The highest BCUT2D eigenvalue weighted by Gasteiger charge is 2.24. The molecule has 0 amide bonds. The summed E-state index contributed by atoms with van der Waals surface area (Å²) in [5, 5.41) is 13.4. The smallest absolute Gasteiger partial charge is 0.230 e. The van der Waals surface area contributed by atoms with E-state index in [0.29, 0.717) is 30.4 Å². The molecule has 0 saturated carbocycles. The molecule has 160 valence electrons. The molecule has 1 fully saturated rings. The van der Waals surface area contributed by atoms with Crippen LogP contribution in [-0.2, 0) is 0 Å². The lowest BCUT2D eigenvalue weighted by Crippen LogP contribution is -2.49. The molecule has 0 radical (unpaired) electrons. The van der Waals surface area contributed by atoms with Crippen LogP contribution in [0, 0.1) is 19.7 Å². The fourth-order valence-electron chi connectivity index (χ4n) is 3.70. The molecule has 2 heterocycles. The minimum Gasteiger partial charge on any atom is -0.438 e. The zero-order valence-corrected chi connectivity index (χ0v) is 17.6. The number of halogens is 1. The number of ether oxygens (including phenoxy) is 1. The van der Waals surface area contributed by atoms with Crippen molar-refractivity contribution in [1.29, 1.82) is 0 Å². The van der Waals surface area contributed by atoms with Crippen LogP contribution in [0.1, 0.15) is 16.7 Å². The van der Waals surface area contributed by atoms with Crippen LogP contribution in [0.3, 0.4) is 0 Å². The van der Waals surface area contributed by atoms with E-state index in [0.717, 1.165) is 35.7 Å². The third kappa shape index (κ3) is 4.45. The summed E-state index contributed by atoms with van der Waals surface area (Å²) in [6, 6.07) is 16.0. The first-order valence-corrected chi connectivity index (χ1v) is 10.2. The summed E-state index contributed by atoms with van der Waals surface area (Å²) in [6.45, 7) is 6.77. The van der Waals surface area contributed by atoms with Gasteiger partial charge in [-0.1, -0.05) is 17.3 Å². The molecule has 0 aliphatic carbocycles. The number of hydrogen-bond donors (Lipinski definition) is 1. The molecule has 1 aliphatic rings. The second-order valence-corrected chi connectivity index (χ2v) is 7.53. The van der Waals surface area contributed by atoms with Crippen molar-refractivity contribution in [3.63, 3.8) is 0 Å². The summed E-state index contributed by atoms with van der Waals surface area (Å²) in [5.41, 5.74) is 3.77. The molecule has 1 saturated heterocycles. The maximum Gasteiger partial charge on any atom is 0.230 e. The molecule has 1 aliphatic heterocycles. The van der Waals surface area contributed by atoms with Crippen LogP contribution in [0.5, 0.6) is 11.6 Å². The van der Waals surface area contributed by atoms with E-state index in [1.807, 2.05) is 43.0 Å². The van der Waals surface area contributed by atoms with E-state index < -0.39 is 0 Å². The lowest BCUT2D eigenvalue weighted by molar-refractivity contribution is 0.295. The van der Waals surface area contributed by atoms with E-state index in [2.05, 4.69) is 15.0 Å². The first kappa shape index (κ1) is 20.7. The molecule has 0 unspecified atom stereocenters. The van der Waals surface area contributed by atoms with Crippen molar-refractivity contribution in [2.75, 3.05) is 31.1 Å². The van der Waals surface area contributed by atoms with Crippen LogP contribution >= 0.6 is 0 Å². The SMILES string of the molecule is Cc1cccc(Oc2ncccc2/C(=N/O)N2CCN(c3ccc(F)cc3)CC2)c1C. The average Bonchev–Trinajstić information content (AvgIpc) is 2.79. The topological polar surface area (TPSA) is 61.2 Å². The normalized spacial score (nSPS) is 14.6. The van der Waals surface area contributed by atoms with Crippen LogP contribution in [0.15, 0.2) is 65.9 Å². The highest BCUT2D eigenvalue weighted by Crippen LogP contribution is 2.29. The molecule has 7 heteroatoms. The van der Waals surface area contributed by atoms with Crippen LogP contribution in [0.25, 0.3) is 0 Å². The van der Waals surface area contributed by atoms with Gasteiger partial charge in [-0.3, -0.25) is 0 Å². The van der Waals surface area contributed by atoms with Crippen molar-refractivity contribution in [2.24, 2.45) is 5.16 Å². The van der Waals surface area contributed by atoms with E-state index in [1.54, 1.807) is 24.4 Å². The molecule has 3 aromatic rings. The van der Waals surface area contributed by atoms with Gasteiger partial charge >= 0.3 is 0 Å². The van der Waals surface area contributed by atoms with Crippen molar-refractivity contribution in [3.05, 3.63) is 83.3 Å². The molecular weight excluding hydrogens is 395 g/mol. The number of hydrogen-bond acceptors (Lipinski definition) is 5. The van der Waals surface area contributed by atoms with E-state index in [9.17, 15) is 9.60 Å². The van der Waals surface area contributed by atoms with Gasteiger partial charge in [-0.05, 0) is 67.4 Å². The Morgan fingerprint density at radius 2 is 1.74 bits per heavy atom. The summed E-state index contributed by atoms with van der Waals surface area (Å²) in [5.74, 6) is 1.29. The van der Waals surface area contributed by atoms with E-state index in [-0.39, 0.29) is 5.82 Å². The fraction of sp³-hybridized carbons (Fsp3) is 0.250. The predicted octanol–water partition coefficient (Wildman–Crippen LogP) is 4.59. The van der Waals surface area contributed by atoms with Crippen molar-refractivity contribution in [3.8, 4) is 11.6 Å². The minimum absolute atomic E-state index is 0.245. The van der Waals surface area contributed by atoms with Gasteiger partial charge in [0.05, 0.1) is 5.56 Å². The predicted molar refractivity (Wildman–Crippen MR) is 119 cm³/mol. The number of oxime groups is 1. The van der Waals surface area contributed by atoms with Gasteiger partial charge < -0.3 is 19.7 Å². The molecule has 1 aromatic heterocycles. The van der Waals surface area contributed by atoms with Crippen molar-refractivity contribution >= 4 is 11.5 Å². The Kier molecular flexibility index (Phi) is 6.02. The monoisotopic (exact) mass is 420 g/mol. The minimum atomic E-state index is -0.245. The zero-order chi connectivity index (χ0) is 21.8. The molecule has 0 bridgehead atoms. The van der Waals surface area contributed by atoms with Gasteiger partial charge in [0.15, 0.2) is 5.84 Å². The van der Waals surface area contributed by atoms with Gasteiger partial charge in [0.2, 0.25) is 5.88 Å². The summed E-state index contributed by atoms with van der Waals surface area (Å²) in [4.78, 5) is 8.58. The number of benzene rings is 2. The Balaban J connectivity index is 1.53. The Morgan fingerprint density at radius 1 is 1.00 bits per heavy atom. The van der Waals surface area contributed by atoms with E-state index in [1.165, 1.54) is 12.1 Å². The van der Waals surface area contributed by atoms with Gasteiger partial charge in [-0.2, -0.15) is 0 Å². The van der Waals surface area contributed by atoms with Crippen LogP contribution < -0.4 is 9.64 Å². The van der Waals surface area contributed by atoms with Crippen molar-refractivity contribution in [2.45, 2.75) is 13.8 Å². The third-order valence-corrected chi connectivity index (χ3v) is 5.64. The van der Waals surface area contributed by atoms with Gasteiger partial charge in [-0.25, -0.2) is 9.37 Å². The van der Waals surface area contributed by atoms with Gasteiger partial charge in [0.1, 0.15) is 11.6 Å². The summed E-state index contributed by atoms with van der Waals surface area (Å²) in [6.07, 6.45) is 1.66. The average molecular weight is 420 g/mol. The number of nitrogens with zero attached hydrogens (tertiary/aromatic N) is 4. The highest BCUT2D eigenvalue weighted by atomic mass is 19.1. The Labute approximate surface area is 181 Å². The maximum absolute atomic E-state index is 13.2. The Morgan fingerprint density at radius 3 is 2.45 bits per heavy atom. The summed E-state index contributed by atoms with van der Waals surface area (Å²) in [7, 11) is 0. The first-order valence-electron chi connectivity index (χ1n) is 10.2. The Bertz CT molecular complexity index is 1080. The largest absolute Gasteiger partial charge is 0.438 e. The highest BCUT2D eigenvalue weighted by molar-refractivity contribution is 6.00. The van der Waals surface area contributed by atoms with Crippen LogP contribution in [-0.4, -0.2) is 47.1 Å². The standard InChI is InChI=1S/C24H25FN4O2/c1-17-5-3-7-22(18(17)2)31-24-21(6-4-12-26-24)23(27-30)29-15-13-28(14-16-29)20-10-8-19(25)9-11-20/h3-12,30H,13-16H2,1-2H3/b27-23-. The summed E-state index contributed by atoms with van der Waals surface area (Å²) < 4.78 is 19.3. The van der Waals surface area contributed by atoms with Crippen LogP contribution in [0.2, 0.25) is 0 Å². The lowest BCUT2D eigenvalue weighted by Gasteiger charge is -2.37. The van der Waals surface area contributed by atoms with Crippen LogP contribution in [0.4, 0.5) is 10.1 Å². The number of pyridine rings is 1. The number of amidine groups is 1. The second-order valence-electron chi connectivity index (χ2n) is 7.53. The second kappa shape index (κ2) is 9.04. The molecule has 0 atom stereocenters. The summed E-state index contributed by atoms with van der Waals surface area (Å²) >= 11 is 0. The number of aryl methyl sites for hydroxylation is 1. The molecule has 1 N–H and O–H groups in total. The quantitative estimate of drug-likeness (QED) is 0.290. The van der Waals surface area contributed by atoms with Crippen molar-refractivity contribution < 1.29 is 14.3 Å². The lowest BCUT2D eigenvalue weighted by atomic mass is 10.1. The van der Waals surface area contributed by atoms with Gasteiger partial charge in [0, 0.05) is 38.1 Å². The number of anilines is 1. The fourth-order valence-corrected chi connectivity index (χ4v) is 3.70. The maximum atomic E-state index is 13.2. The number of rotatable bonds is 4. The van der Waals surface area contributed by atoms with E-state index in [4.69, 9.17) is 4.74 Å².